The van der Waals surface area contributed by atoms with Crippen LogP contribution in [0.3, 0.4) is 0 Å². The lowest BCUT2D eigenvalue weighted by molar-refractivity contribution is 0.182. The molecule has 1 nitrogen and oxygen atoms in total. The van der Waals surface area contributed by atoms with E-state index in [0.29, 0.717) is 5.41 Å². The van der Waals surface area contributed by atoms with E-state index in [9.17, 15) is 0 Å². The van der Waals surface area contributed by atoms with E-state index in [4.69, 9.17) is 0 Å². The largest absolute Gasteiger partial charge is 0.306 e. The molecule has 13 heavy (non-hydrogen) atoms. The first kappa shape index (κ1) is 11.0. The van der Waals surface area contributed by atoms with Gasteiger partial charge in [-0.25, -0.2) is 0 Å². The molecule has 1 aliphatic rings. The summed E-state index contributed by atoms with van der Waals surface area (Å²) in [6, 6.07) is 0. The summed E-state index contributed by atoms with van der Waals surface area (Å²) in [5, 5.41) is 0. The molecule has 0 atom stereocenters. The Hall–Kier alpha value is -0.0400. The van der Waals surface area contributed by atoms with Crippen LogP contribution in [0.25, 0.3) is 0 Å². The van der Waals surface area contributed by atoms with Crippen molar-refractivity contribution in [2.45, 2.75) is 46.5 Å². The van der Waals surface area contributed by atoms with Gasteiger partial charge in [0.2, 0.25) is 0 Å². The molecule has 0 radical (unpaired) electrons. The van der Waals surface area contributed by atoms with Crippen molar-refractivity contribution in [2.24, 2.45) is 11.3 Å². The highest BCUT2D eigenvalue weighted by Gasteiger charge is 2.29. The van der Waals surface area contributed by atoms with Gasteiger partial charge in [-0.15, -0.1) is 0 Å². The SMILES string of the molecule is CC(C)CN(C)CC1(C)CCCC1. The Morgan fingerprint density at radius 3 is 2.23 bits per heavy atom. The second-order valence-electron chi connectivity index (χ2n) is 5.61. The van der Waals surface area contributed by atoms with Crippen molar-refractivity contribution in [2.75, 3.05) is 20.1 Å². The van der Waals surface area contributed by atoms with E-state index in [1.165, 1.54) is 38.8 Å². The lowest BCUT2D eigenvalue weighted by atomic mass is 9.88. The van der Waals surface area contributed by atoms with Crippen molar-refractivity contribution in [3.8, 4) is 0 Å². The van der Waals surface area contributed by atoms with Gasteiger partial charge in [0.1, 0.15) is 0 Å². The molecule has 78 valence electrons. The Bertz CT molecular complexity index is 145. The molecule has 0 bridgehead atoms. The molecule has 1 saturated carbocycles. The van der Waals surface area contributed by atoms with Gasteiger partial charge in [0.15, 0.2) is 0 Å². The normalized spacial score (nSPS) is 21.7. The summed E-state index contributed by atoms with van der Waals surface area (Å²) < 4.78 is 0. The Morgan fingerprint density at radius 2 is 1.77 bits per heavy atom. The van der Waals surface area contributed by atoms with Crippen LogP contribution in [-0.4, -0.2) is 25.0 Å². The zero-order valence-corrected chi connectivity index (χ0v) is 9.77. The van der Waals surface area contributed by atoms with Gasteiger partial charge in [0, 0.05) is 13.1 Å². The summed E-state index contributed by atoms with van der Waals surface area (Å²) in [4.78, 5) is 2.51. The Balaban J connectivity index is 2.29. The van der Waals surface area contributed by atoms with Gasteiger partial charge in [0.25, 0.3) is 0 Å². The van der Waals surface area contributed by atoms with Crippen LogP contribution < -0.4 is 0 Å². The molecule has 0 unspecified atom stereocenters. The maximum Gasteiger partial charge on any atom is 0.00324 e. The summed E-state index contributed by atoms with van der Waals surface area (Å²) in [7, 11) is 2.27. The lowest BCUT2D eigenvalue weighted by Crippen LogP contribution is -2.33. The van der Waals surface area contributed by atoms with Gasteiger partial charge in [0.05, 0.1) is 0 Å². The average Bonchev–Trinajstić information content (AvgIpc) is 2.33. The van der Waals surface area contributed by atoms with Crippen molar-refractivity contribution in [1.29, 1.82) is 0 Å². The van der Waals surface area contributed by atoms with Crippen LogP contribution in [0.15, 0.2) is 0 Å². The zero-order valence-electron chi connectivity index (χ0n) is 9.77. The fourth-order valence-corrected chi connectivity index (χ4v) is 2.73. The fourth-order valence-electron chi connectivity index (χ4n) is 2.73. The molecule has 1 aliphatic carbocycles. The number of nitrogens with zero attached hydrogens (tertiary/aromatic N) is 1. The third kappa shape index (κ3) is 3.68. The summed E-state index contributed by atoms with van der Waals surface area (Å²) >= 11 is 0. The summed E-state index contributed by atoms with van der Waals surface area (Å²) in [5.41, 5.74) is 0.629. The lowest BCUT2D eigenvalue weighted by Gasteiger charge is -2.30. The number of hydrogen-bond acceptors (Lipinski definition) is 1. The topological polar surface area (TPSA) is 3.24 Å². The second kappa shape index (κ2) is 4.45. The molecule has 0 heterocycles. The highest BCUT2D eigenvalue weighted by Crippen LogP contribution is 2.37. The Kier molecular flexibility index (Phi) is 3.78. The highest BCUT2D eigenvalue weighted by molar-refractivity contribution is 4.82. The van der Waals surface area contributed by atoms with Crippen molar-refractivity contribution in [3.63, 3.8) is 0 Å². The van der Waals surface area contributed by atoms with E-state index in [-0.39, 0.29) is 0 Å². The van der Waals surface area contributed by atoms with Crippen LogP contribution in [0.2, 0.25) is 0 Å². The van der Waals surface area contributed by atoms with Gasteiger partial charge < -0.3 is 4.90 Å². The van der Waals surface area contributed by atoms with E-state index in [2.05, 4.69) is 32.7 Å². The summed E-state index contributed by atoms with van der Waals surface area (Å²) in [5.74, 6) is 0.801. The maximum absolute atomic E-state index is 2.51. The van der Waals surface area contributed by atoms with E-state index in [1.54, 1.807) is 0 Å². The second-order valence-corrected chi connectivity index (χ2v) is 5.61. The third-order valence-corrected chi connectivity index (χ3v) is 3.14. The standard InChI is InChI=1S/C12H25N/c1-11(2)9-13(4)10-12(3)7-5-6-8-12/h11H,5-10H2,1-4H3. The molecule has 0 N–H and O–H groups in total. The van der Waals surface area contributed by atoms with Gasteiger partial charge in [-0.2, -0.15) is 0 Å². The van der Waals surface area contributed by atoms with E-state index in [1.807, 2.05) is 0 Å². The van der Waals surface area contributed by atoms with Gasteiger partial charge in [-0.05, 0) is 31.2 Å². The Labute approximate surface area is 83.5 Å². The number of rotatable bonds is 4. The number of hydrogen-bond donors (Lipinski definition) is 0. The predicted molar refractivity (Wildman–Crippen MR) is 58.9 cm³/mol. The minimum atomic E-state index is 0.629. The van der Waals surface area contributed by atoms with Gasteiger partial charge in [-0.1, -0.05) is 33.6 Å². The van der Waals surface area contributed by atoms with E-state index >= 15 is 0 Å². The molecule has 1 rings (SSSR count). The molecule has 0 spiro atoms. The molecule has 0 amide bonds. The molecular weight excluding hydrogens is 158 g/mol. The highest BCUT2D eigenvalue weighted by atomic mass is 15.1. The maximum atomic E-state index is 2.51. The summed E-state index contributed by atoms with van der Waals surface area (Å²) in [6.45, 7) is 9.60. The molecule has 1 fully saturated rings. The fraction of sp³-hybridized carbons (Fsp3) is 1.00. The molecule has 0 aromatic carbocycles. The third-order valence-electron chi connectivity index (χ3n) is 3.14. The molecule has 0 saturated heterocycles. The monoisotopic (exact) mass is 183 g/mol. The first-order valence-corrected chi connectivity index (χ1v) is 5.70. The van der Waals surface area contributed by atoms with Gasteiger partial charge >= 0.3 is 0 Å². The van der Waals surface area contributed by atoms with Crippen LogP contribution in [0.4, 0.5) is 0 Å². The van der Waals surface area contributed by atoms with Crippen LogP contribution >= 0.6 is 0 Å². The molecule has 0 aromatic heterocycles. The van der Waals surface area contributed by atoms with Crippen LogP contribution in [-0.2, 0) is 0 Å². The Morgan fingerprint density at radius 1 is 1.23 bits per heavy atom. The smallest absolute Gasteiger partial charge is 0.00324 e. The van der Waals surface area contributed by atoms with Crippen molar-refractivity contribution < 1.29 is 0 Å². The van der Waals surface area contributed by atoms with E-state index in [0.717, 1.165) is 5.92 Å². The minimum Gasteiger partial charge on any atom is -0.306 e. The molecule has 0 aromatic rings. The molecule has 0 aliphatic heterocycles. The molecular formula is C12H25N. The van der Waals surface area contributed by atoms with Gasteiger partial charge in [-0.3, -0.25) is 0 Å². The summed E-state index contributed by atoms with van der Waals surface area (Å²) in [6.07, 6.45) is 5.78. The predicted octanol–water partition coefficient (Wildman–Crippen LogP) is 3.15. The van der Waals surface area contributed by atoms with Crippen LogP contribution in [0.5, 0.6) is 0 Å². The first-order chi connectivity index (χ1) is 6.02. The van der Waals surface area contributed by atoms with Crippen LogP contribution in [0, 0.1) is 11.3 Å². The van der Waals surface area contributed by atoms with Crippen molar-refractivity contribution >= 4 is 0 Å². The zero-order chi connectivity index (χ0) is 9.90. The molecule has 1 heteroatoms. The average molecular weight is 183 g/mol. The quantitative estimate of drug-likeness (QED) is 0.647. The van der Waals surface area contributed by atoms with E-state index < -0.39 is 0 Å². The first-order valence-electron chi connectivity index (χ1n) is 5.70. The van der Waals surface area contributed by atoms with Crippen molar-refractivity contribution in [3.05, 3.63) is 0 Å². The van der Waals surface area contributed by atoms with Crippen LogP contribution in [0.1, 0.15) is 46.5 Å². The van der Waals surface area contributed by atoms with Crippen molar-refractivity contribution in [1.82, 2.24) is 4.90 Å². The minimum absolute atomic E-state index is 0.629.